The van der Waals surface area contributed by atoms with Crippen molar-refractivity contribution in [3.05, 3.63) is 11.1 Å². The van der Waals surface area contributed by atoms with Crippen LogP contribution in [0, 0.1) is 0 Å². The molecule has 3 nitrogen and oxygen atoms in total. The number of aliphatic hydroxyl groups is 1. The lowest BCUT2D eigenvalue weighted by Gasteiger charge is -2.27. The van der Waals surface area contributed by atoms with Crippen molar-refractivity contribution < 1.29 is 9.90 Å². The van der Waals surface area contributed by atoms with Crippen LogP contribution in [0.4, 0.5) is 0 Å². The number of allylic oxidation sites excluding steroid dienone is 1. The van der Waals surface area contributed by atoms with E-state index in [1.807, 2.05) is 20.8 Å². The van der Waals surface area contributed by atoms with E-state index in [2.05, 4.69) is 5.32 Å². The maximum Gasteiger partial charge on any atom is 0.246 e. The van der Waals surface area contributed by atoms with Crippen LogP contribution >= 0.6 is 0 Å². The van der Waals surface area contributed by atoms with E-state index in [1.165, 1.54) is 12.8 Å². The van der Waals surface area contributed by atoms with Crippen LogP contribution < -0.4 is 5.32 Å². The molecule has 0 aliphatic heterocycles. The predicted molar refractivity (Wildman–Crippen MR) is 74.3 cm³/mol. The van der Waals surface area contributed by atoms with Gasteiger partial charge in [-0.2, -0.15) is 0 Å². The van der Waals surface area contributed by atoms with Crippen molar-refractivity contribution in [3.63, 3.8) is 0 Å². The van der Waals surface area contributed by atoms with Crippen LogP contribution in [-0.2, 0) is 4.79 Å². The molecule has 0 atom stereocenters. The molecule has 1 aliphatic rings. The van der Waals surface area contributed by atoms with Crippen molar-refractivity contribution in [2.45, 2.75) is 71.3 Å². The van der Waals surface area contributed by atoms with Crippen molar-refractivity contribution in [3.8, 4) is 0 Å². The molecule has 0 aromatic rings. The van der Waals surface area contributed by atoms with Gasteiger partial charge in [0.05, 0.1) is 5.60 Å². The lowest BCUT2D eigenvalue weighted by molar-refractivity contribution is -0.118. The summed E-state index contributed by atoms with van der Waals surface area (Å²) in [6.07, 6.45) is 7.04. The summed E-state index contributed by atoms with van der Waals surface area (Å²) < 4.78 is 0. The van der Waals surface area contributed by atoms with Crippen molar-refractivity contribution in [2.24, 2.45) is 0 Å². The highest BCUT2D eigenvalue weighted by molar-refractivity contribution is 5.93. The fourth-order valence-electron chi connectivity index (χ4n) is 2.40. The van der Waals surface area contributed by atoms with E-state index in [-0.39, 0.29) is 5.91 Å². The van der Waals surface area contributed by atoms with Gasteiger partial charge in [-0.15, -0.1) is 0 Å². The highest BCUT2D eigenvalue weighted by Gasteiger charge is 2.28. The number of nitrogens with one attached hydrogen (secondary N) is 1. The standard InChI is InChI=1S/C15H27NO2/c1-4-12(2)13(3)14(17)16-11-15(18)9-7-5-6-8-10-15/h18H,4-11H2,1-3H3,(H,16,17). The Morgan fingerprint density at radius 1 is 1.17 bits per heavy atom. The van der Waals surface area contributed by atoms with Gasteiger partial charge in [-0.1, -0.05) is 38.2 Å². The van der Waals surface area contributed by atoms with Gasteiger partial charge in [0.15, 0.2) is 0 Å². The third-order valence-electron chi connectivity index (χ3n) is 4.12. The van der Waals surface area contributed by atoms with E-state index in [0.29, 0.717) is 6.54 Å². The quantitative estimate of drug-likeness (QED) is 0.598. The Kier molecular flexibility index (Phi) is 5.86. The third kappa shape index (κ3) is 4.45. The fraction of sp³-hybridized carbons (Fsp3) is 0.800. The van der Waals surface area contributed by atoms with Gasteiger partial charge in [0.2, 0.25) is 5.91 Å². The Labute approximate surface area is 111 Å². The van der Waals surface area contributed by atoms with Gasteiger partial charge >= 0.3 is 0 Å². The maximum absolute atomic E-state index is 11.9. The zero-order valence-corrected chi connectivity index (χ0v) is 12.0. The van der Waals surface area contributed by atoms with Gasteiger partial charge in [-0.3, -0.25) is 4.79 Å². The molecular formula is C15H27NO2. The zero-order valence-electron chi connectivity index (χ0n) is 12.0. The van der Waals surface area contributed by atoms with E-state index in [4.69, 9.17) is 0 Å². The summed E-state index contributed by atoms with van der Waals surface area (Å²) in [5.41, 5.74) is 1.21. The summed E-state index contributed by atoms with van der Waals surface area (Å²) in [5, 5.41) is 13.3. The highest BCUT2D eigenvalue weighted by atomic mass is 16.3. The van der Waals surface area contributed by atoms with Crippen molar-refractivity contribution in [2.75, 3.05) is 6.54 Å². The minimum atomic E-state index is -0.688. The summed E-state index contributed by atoms with van der Waals surface area (Å²) in [5.74, 6) is -0.0352. The summed E-state index contributed by atoms with van der Waals surface area (Å²) in [7, 11) is 0. The number of rotatable bonds is 4. The normalized spacial score (nSPS) is 20.9. The first-order valence-corrected chi connectivity index (χ1v) is 7.15. The number of hydrogen-bond donors (Lipinski definition) is 2. The second-order valence-corrected chi connectivity index (χ2v) is 5.58. The number of carbonyl (C=O) groups is 1. The molecule has 3 heteroatoms. The van der Waals surface area contributed by atoms with E-state index < -0.39 is 5.60 Å². The van der Waals surface area contributed by atoms with E-state index >= 15 is 0 Å². The molecule has 1 rings (SSSR count). The molecule has 2 N–H and O–H groups in total. The Balaban J connectivity index is 2.51. The minimum absolute atomic E-state index is 0.0352. The van der Waals surface area contributed by atoms with Crippen LogP contribution in [0.1, 0.15) is 65.7 Å². The fourth-order valence-corrected chi connectivity index (χ4v) is 2.40. The predicted octanol–water partition coefficient (Wildman–Crippen LogP) is 2.93. The molecule has 0 saturated heterocycles. The highest BCUT2D eigenvalue weighted by Crippen LogP contribution is 2.26. The van der Waals surface area contributed by atoms with E-state index in [1.54, 1.807) is 0 Å². The average Bonchev–Trinajstić information content (AvgIpc) is 2.59. The topological polar surface area (TPSA) is 49.3 Å². The largest absolute Gasteiger partial charge is 0.388 e. The molecule has 1 amide bonds. The summed E-state index contributed by atoms with van der Waals surface area (Å²) in [6, 6.07) is 0. The average molecular weight is 253 g/mol. The van der Waals surface area contributed by atoms with Gasteiger partial charge in [0.25, 0.3) is 0 Å². The van der Waals surface area contributed by atoms with Crippen LogP contribution in [-0.4, -0.2) is 23.2 Å². The monoisotopic (exact) mass is 253 g/mol. The Hall–Kier alpha value is -0.830. The van der Waals surface area contributed by atoms with Crippen molar-refractivity contribution in [1.29, 1.82) is 0 Å². The smallest absolute Gasteiger partial charge is 0.246 e. The SMILES string of the molecule is CCC(C)=C(C)C(=O)NCC1(O)CCCCCC1. The molecule has 0 heterocycles. The molecule has 0 bridgehead atoms. The van der Waals surface area contributed by atoms with Crippen molar-refractivity contribution >= 4 is 5.91 Å². The summed E-state index contributed by atoms with van der Waals surface area (Å²) in [4.78, 5) is 11.9. The van der Waals surface area contributed by atoms with Crippen LogP contribution in [0.2, 0.25) is 0 Å². The van der Waals surface area contributed by atoms with Gasteiger partial charge in [-0.05, 0) is 33.1 Å². The molecule has 18 heavy (non-hydrogen) atoms. The van der Waals surface area contributed by atoms with Gasteiger partial charge in [-0.25, -0.2) is 0 Å². The molecule has 104 valence electrons. The van der Waals surface area contributed by atoms with Crippen LogP contribution in [0.15, 0.2) is 11.1 Å². The molecule has 1 aliphatic carbocycles. The van der Waals surface area contributed by atoms with E-state index in [0.717, 1.165) is 43.3 Å². The lowest BCUT2D eigenvalue weighted by atomic mass is 9.94. The first kappa shape index (κ1) is 15.2. The molecular weight excluding hydrogens is 226 g/mol. The molecule has 0 unspecified atom stereocenters. The third-order valence-corrected chi connectivity index (χ3v) is 4.12. The lowest BCUT2D eigenvalue weighted by Crippen LogP contribution is -2.42. The van der Waals surface area contributed by atoms with Crippen molar-refractivity contribution in [1.82, 2.24) is 5.32 Å². The number of hydrogen-bond acceptors (Lipinski definition) is 2. The molecule has 0 radical (unpaired) electrons. The first-order chi connectivity index (χ1) is 8.48. The molecule has 1 fully saturated rings. The minimum Gasteiger partial charge on any atom is -0.388 e. The first-order valence-electron chi connectivity index (χ1n) is 7.15. The summed E-state index contributed by atoms with van der Waals surface area (Å²) >= 11 is 0. The Morgan fingerprint density at radius 2 is 1.72 bits per heavy atom. The molecule has 0 spiro atoms. The van der Waals surface area contributed by atoms with Crippen LogP contribution in [0.3, 0.4) is 0 Å². The molecule has 0 aromatic heterocycles. The second-order valence-electron chi connectivity index (χ2n) is 5.58. The molecule has 1 saturated carbocycles. The maximum atomic E-state index is 11.9. The molecule has 0 aromatic carbocycles. The second kappa shape index (κ2) is 6.93. The van der Waals surface area contributed by atoms with Gasteiger partial charge in [0, 0.05) is 12.1 Å². The zero-order chi connectivity index (χ0) is 13.6. The number of carbonyl (C=O) groups excluding carboxylic acids is 1. The number of amides is 1. The Bertz CT molecular complexity index is 312. The van der Waals surface area contributed by atoms with Crippen LogP contribution in [0.25, 0.3) is 0 Å². The van der Waals surface area contributed by atoms with E-state index in [9.17, 15) is 9.90 Å². The van der Waals surface area contributed by atoms with Crippen LogP contribution in [0.5, 0.6) is 0 Å². The Morgan fingerprint density at radius 3 is 2.22 bits per heavy atom. The van der Waals surface area contributed by atoms with Gasteiger partial charge in [0.1, 0.15) is 0 Å². The summed E-state index contributed by atoms with van der Waals surface area (Å²) in [6.45, 7) is 6.27. The van der Waals surface area contributed by atoms with Gasteiger partial charge < -0.3 is 10.4 Å².